The van der Waals surface area contributed by atoms with Crippen LogP contribution in [-0.4, -0.2) is 39.8 Å². The molecule has 128 valence electrons. The first-order valence-corrected chi connectivity index (χ1v) is 8.68. The van der Waals surface area contributed by atoms with Gasteiger partial charge in [-0.25, -0.2) is 4.68 Å². The molecule has 2 aromatic rings. The van der Waals surface area contributed by atoms with E-state index in [2.05, 4.69) is 12.0 Å². The maximum Gasteiger partial charge on any atom is 0.263 e. The summed E-state index contributed by atoms with van der Waals surface area (Å²) in [6.45, 7) is 5.55. The highest BCUT2D eigenvalue weighted by molar-refractivity contribution is 6.31. The molecule has 24 heavy (non-hydrogen) atoms. The molecule has 0 aliphatic carbocycles. The fourth-order valence-electron chi connectivity index (χ4n) is 2.83. The van der Waals surface area contributed by atoms with Gasteiger partial charge in [0.05, 0.1) is 11.9 Å². The van der Waals surface area contributed by atoms with E-state index < -0.39 is 6.10 Å². The van der Waals surface area contributed by atoms with Gasteiger partial charge < -0.3 is 9.64 Å². The van der Waals surface area contributed by atoms with E-state index in [0.717, 1.165) is 31.6 Å². The number of rotatable bonds is 4. The van der Waals surface area contributed by atoms with Crippen LogP contribution in [0.2, 0.25) is 5.02 Å². The average Bonchev–Trinajstić information content (AvgIpc) is 2.96. The quantitative estimate of drug-likeness (QED) is 0.849. The number of likely N-dealkylation sites (tertiary alicyclic amines) is 1. The van der Waals surface area contributed by atoms with Crippen molar-refractivity contribution in [3.63, 3.8) is 0 Å². The smallest absolute Gasteiger partial charge is 0.263 e. The van der Waals surface area contributed by atoms with Crippen LogP contribution in [0.15, 0.2) is 36.5 Å². The molecular weight excluding hydrogens is 326 g/mol. The van der Waals surface area contributed by atoms with Crippen molar-refractivity contribution < 1.29 is 9.53 Å². The summed E-state index contributed by atoms with van der Waals surface area (Å²) in [7, 11) is 0. The van der Waals surface area contributed by atoms with Crippen molar-refractivity contribution in [1.82, 2.24) is 14.7 Å². The van der Waals surface area contributed by atoms with E-state index in [9.17, 15) is 4.79 Å². The summed E-state index contributed by atoms with van der Waals surface area (Å²) in [5.41, 5.74) is 0.887. The van der Waals surface area contributed by atoms with E-state index >= 15 is 0 Å². The fourth-order valence-corrected chi connectivity index (χ4v) is 3.01. The highest BCUT2D eigenvalue weighted by Crippen LogP contribution is 2.25. The van der Waals surface area contributed by atoms with Crippen molar-refractivity contribution in [3.05, 3.63) is 41.6 Å². The molecule has 0 saturated carbocycles. The van der Waals surface area contributed by atoms with Crippen LogP contribution in [-0.2, 0) is 4.79 Å². The second-order valence-corrected chi connectivity index (χ2v) is 6.74. The van der Waals surface area contributed by atoms with Crippen LogP contribution >= 0.6 is 11.6 Å². The molecule has 0 radical (unpaired) electrons. The molecule has 1 aromatic heterocycles. The SMILES string of the molecule is CC1CCN(C(=O)[C@@H](C)Oc2nn(-c3ccccc3)cc2Cl)CC1. The summed E-state index contributed by atoms with van der Waals surface area (Å²) in [5, 5.41) is 4.75. The van der Waals surface area contributed by atoms with Crippen LogP contribution in [0.3, 0.4) is 0 Å². The molecule has 3 rings (SSSR count). The first-order valence-electron chi connectivity index (χ1n) is 8.30. The first kappa shape index (κ1) is 16.8. The van der Waals surface area contributed by atoms with Crippen molar-refractivity contribution in [1.29, 1.82) is 0 Å². The number of amides is 1. The van der Waals surface area contributed by atoms with Crippen molar-refractivity contribution in [2.24, 2.45) is 5.92 Å². The molecule has 1 saturated heterocycles. The van der Waals surface area contributed by atoms with Gasteiger partial charge in [0.1, 0.15) is 5.02 Å². The lowest BCUT2D eigenvalue weighted by Gasteiger charge is -2.31. The predicted octanol–water partition coefficient (Wildman–Crippen LogP) is 3.55. The fraction of sp³-hybridized carbons (Fsp3) is 0.444. The molecule has 0 bridgehead atoms. The molecule has 1 aromatic carbocycles. The third-order valence-corrected chi connectivity index (χ3v) is 4.65. The molecule has 1 amide bonds. The number of ether oxygens (including phenoxy) is 1. The molecule has 0 unspecified atom stereocenters. The number of carbonyl (C=O) groups excluding carboxylic acids is 1. The summed E-state index contributed by atoms with van der Waals surface area (Å²) in [5.74, 6) is 0.959. The van der Waals surface area contributed by atoms with Crippen molar-refractivity contribution >= 4 is 17.5 Å². The highest BCUT2D eigenvalue weighted by atomic mass is 35.5. The van der Waals surface area contributed by atoms with Gasteiger partial charge in [-0.05, 0) is 37.8 Å². The molecule has 0 spiro atoms. The lowest BCUT2D eigenvalue weighted by molar-refractivity contribution is -0.139. The van der Waals surface area contributed by atoms with E-state index in [4.69, 9.17) is 16.3 Å². The average molecular weight is 348 g/mol. The maximum absolute atomic E-state index is 12.5. The summed E-state index contributed by atoms with van der Waals surface area (Å²) in [6, 6.07) is 9.64. The Labute approximate surface area is 147 Å². The van der Waals surface area contributed by atoms with E-state index in [1.807, 2.05) is 35.2 Å². The van der Waals surface area contributed by atoms with Crippen LogP contribution in [0.4, 0.5) is 0 Å². The second kappa shape index (κ2) is 7.26. The lowest BCUT2D eigenvalue weighted by Crippen LogP contribution is -2.44. The number of aromatic nitrogens is 2. The second-order valence-electron chi connectivity index (χ2n) is 6.33. The zero-order chi connectivity index (χ0) is 17.1. The number of carbonyl (C=O) groups is 1. The number of halogens is 1. The van der Waals surface area contributed by atoms with Crippen molar-refractivity contribution in [3.8, 4) is 11.6 Å². The maximum atomic E-state index is 12.5. The summed E-state index contributed by atoms with van der Waals surface area (Å²) in [6.07, 6.45) is 3.17. The number of hydrogen-bond donors (Lipinski definition) is 0. The minimum absolute atomic E-state index is 0.00720. The number of hydrogen-bond acceptors (Lipinski definition) is 3. The third kappa shape index (κ3) is 3.73. The van der Waals surface area contributed by atoms with Gasteiger partial charge >= 0.3 is 0 Å². The van der Waals surface area contributed by atoms with E-state index in [1.165, 1.54) is 0 Å². The van der Waals surface area contributed by atoms with Crippen LogP contribution in [0, 0.1) is 5.92 Å². The Kier molecular flexibility index (Phi) is 5.09. The van der Waals surface area contributed by atoms with Crippen LogP contribution in [0.5, 0.6) is 5.88 Å². The summed E-state index contributed by atoms with van der Waals surface area (Å²) < 4.78 is 7.38. The van der Waals surface area contributed by atoms with E-state index in [-0.39, 0.29) is 11.8 Å². The number of benzene rings is 1. The topological polar surface area (TPSA) is 47.4 Å². The van der Waals surface area contributed by atoms with Crippen LogP contribution in [0.1, 0.15) is 26.7 Å². The Morgan fingerprint density at radius 2 is 1.96 bits per heavy atom. The van der Waals surface area contributed by atoms with Gasteiger partial charge in [0.15, 0.2) is 6.10 Å². The van der Waals surface area contributed by atoms with Gasteiger partial charge in [0.2, 0.25) is 0 Å². The van der Waals surface area contributed by atoms with Gasteiger partial charge in [-0.1, -0.05) is 36.7 Å². The van der Waals surface area contributed by atoms with Crippen molar-refractivity contribution in [2.45, 2.75) is 32.8 Å². The number of piperidine rings is 1. The van der Waals surface area contributed by atoms with E-state index in [1.54, 1.807) is 17.8 Å². The monoisotopic (exact) mass is 347 g/mol. The summed E-state index contributed by atoms with van der Waals surface area (Å²) >= 11 is 6.22. The molecule has 0 N–H and O–H groups in total. The zero-order valence-corrected chi connectivity index (χ0v) is 14.7. The van der Waals surface area contributed by atoms with Gasteiger partial charge in [-0.3, -0.25) is 4.79 Å². The minimum Gasteiger partial charge on any atom is -0.462 e. The molecule has 2 heterocycles. The molecule has 5 nitrogen and oxygen atoms in total. The molecule has 1 fully saturated rings. The number of nitrogens with zero attached hydrogens (tertiary/aromatic N) is 3. The predicted molar refractivity (Wildman–Crippen MR) is 93.6 cm³/mol. The highest BCUT2D eigenvalue weighted by Gasteiger charge is 2.26. The lowest BCUT2D eigenvalue weighted by atomic mass is 9.99. The van der Waals surface area contributed by atoms with Gasteiger partial charge in [0.25, 0.3) is 11.8 Å². The zero-order valence-electron chi connectivity index (χ0n) is 14.0. The van der Waals surface area contributed by atoms with Gasteiger partial charge in [0, 0.05) is 13.1 Å². The van der Waals surface area contributed by atoms with Gasteiger partial charge in [-0.2, -0.15) is 0 Å². The molecule has 1 aliphatic rings. The Hall–Kier alpha value is -2.01. The van der Waals surface area contributed by atoms with Gasteiger partial charge in [-0.15, -0.1) is 5.10 Å². The summed E-state index contributed by atoms with van der Waals surface area (Å²) in [4.78, 5) is 14.4. The third-order valence-electron chi connectivity index (χ3n) is 4.39. The minimum atomic E-state index is -0.602. The standard InChI is InChI=1S/C18H22ClN3O2/c1-13-8-10-21(11-9-13)18(23)14(2)24-17-16(19)12-22(20-17)15-6-4-3-5-7-15/h3-7,12-14H,8-11H2,1-2H3/t14-/m1/s1. The molecule has 1 aliphatic heterocycles. The first-order chi connectivity index (χ1) is 11.5. The molecule has 1 atom stereocenters. The molecular formula is C18H22ClN3O2. The number of para-hydroxylation sites is 1. The normalized spacial score (nSPS) is 16.9. The Balaban J connectivity index is 1.67. The molecule has 6 heteroatoms. The van der Waals surface area contributed by atoms with E-state index in [0.29, 0.717) is 10.9 Å². The Morgan fingerprint density at radius 1 is 1.29 bits per heavy atom. The largest absolute Gasteiger partial charge is 0.462 e. The Morgan fingerprint density at radius 3 is 2.62 bits per heavy atom. The van der Waals surface area contributed by atoms with Crippen LogP contribution in [0.25, 0.3) is 5.69 Å². The van der Waals surface area contributed by atoms with Crippen LogP contribution < -0.4 is 4.74 Å². The Bertz CT molecular complexity index is 694. The van der Waals surface area contributed by atoms with Crippen molar-refractivity contribution in [2.75, 3.05) is 13.1 Å².